The maximum atomic E-state index is 12.9. The molecule has 0 bridgehead atoms. The number of unbranched alkanes of at least 4 members (excludes halogenated alkanes) is 1. The summed E-state index contributed by atoms with van der Waals surface area (Å²) in [4.78, 5) is 107. The second-order valence-corrected chi connectivity index (χ2v) is 12.0. The smallest absolute Gasteiger partial charge is 0.326 e. The molecule has 0 aliphatic carbocycles. The van der Waals surface area contributed by atoms with E-state index in [4.69, 9.17) is 10.2 Å². The lowest BCUT2D eigenvalue weighted by Crippen LogP contribution is -2.46. The number of carboxylic acid groups (broad SMARTS) is 4. The minimum Gasteiger partial charge on any atom is -0.481 e. The Morgan fingerprint density at radius 2 is 1.23 bits per heavy atom. The molecule has 19 nitrogen and oxygen atoms in total. The van der Waals surface area contributed by atoms with Crippen molar-refractivity contribution in [3.63, 3.8) is 0 Å². The molecule has 0 aromatic heterocycles. The van der Waals surface area contributed by atoms with Crippen LogP contribution in [0.4, 0.5) is 9.59 Å². The molecule has 52 heavy (non-hydrogen) atoms. The van der Waals surface area contributed by atoms with Crippen LogP contribution in [0, 0.1) is 5.92 Å². The van der Waals surface area contributed by atoms with Gasteiger partial charge in [-0.1, -0.05) is 24.3 Å². The molecule has 0 aliphatic rings. The second-order valence-electron chi connectivity index (χ2n) is 11.6. The van der Waals surface area contributed by atoms with E-state index >= 15 is 0 Å². The summed E-state index contributed by atoms with van der Waals surface area (Å²) < 4.78 is 0. The fraction of sp³-hybridized carbons (Fsp3) is 0.531. The predicted molar refractivity (Wildman–Crippen MR) is 185 cm³/mol. The van der Waals surface area contributed by atoms with Crippen molar-refractivity contribution in [2.24, 2.45) is 5.92 Å². The van der Waals surface area contributed by atoms with E-state index in [0.29, 0.717) is 24.0 Å². The summed E-state index contributed by atoms with van der Waals surface area (Å²) in [6.07, 6.45) is -1.31. The average molecular weight is 755 g/mol. The number of hydrogen-bond donors (Lipinski definition) is 11. The van der Waals surface area contributed by atoms with Crippen molar-refractivity contribution in [1.29, 1.82) is 0 Å². The average Bonchev–Trinajstić information content (AvgIpc) is 3.06. The van der Waals surface area contributed by atoms with Gasteiger partial charge in [0.15, 0.2) is 5.78 Å². The van der Waals surface area contributed by atoms with Crippen LogP contribution in [0.3, 0.4) is 0 Å². The maximum Gasteiger partial charge on any atom is 0.326 e. The van der Waals surface area contributed by atoms with Gasteiger partial charge in [-0.3, -0.25) is 28.8 Å². The molecule has 10 N–H and O–H groups in total. The Kier molecular flexibility index (Phi) is 21.2. The van der Waals surface area contributed by atoms with Crippen LogP contribution < -0.4 is 31.9 Å². The number of nitrogens with one attached hydrogen (secondary N) is 6. The van der Waals surface area contributed by atoms with Crippen LogP contribution in [0.5, 0.6) is 0 Å². The molecule has 1 aromatic carbocycles. The van der Waals surface area contributed by atoms with Gasteiger partial charge in [0.1, 0.15) is 6.04 Å². The number of benzene rings is 1. The van der Waals surface area contributed by atoms with Crippen molar-refractivity contribution in [3.05, 3.63) is 35.4 Å². The lowest BCUT2D eigenvalue weighted by Gasteiger charge is -2.19. The summed E-state index contributed by atoms with van der Waals surface area (Å²) in [7, 11) is 0. The van der Waals surface area contributed by atoms with E-state index in [1.807, 2.05) is 0 Å². The van der Waals surface area contributed by atoms with Crippen LogP contribution >= 0.6 is 12.6 Å². The van der Waals surface area contributed by atoms with Crippen molar-refractivity contribution in [2.45, 2.75) is 76.4 Å². The largest absolute Gasteiger partial charge is 0.481 e. The zero-order valence-electron chi connectivity index (χ0n) is 28.4. The van der Waals surface area contributed by atoms with E-state index in [1.54, 1.807) is 24.3 Å². The molecule has 0 radical (unpaired) electrons. The van der Waals surface area contributed by atoms with Crippen LogP contribution in [-0.4, -0.2) is 111 Å². The van der Waals surface area contributed by atoms with E-state index in [-0.39, 0.29) is 57.6 Å². The van der Waals surface area contributed by atoms with Crippen LogP contribution in [0.15, 0.2) is 24.3 Å². The number of Topliss-reactive ketones (excluding diaryl/α,β-unsaturated/α-hetero) is 1. The van der Waals surface area contributed by atoms with Gasteiger partial charge in [-0.15, -0.1) is 0 Å². The normalized spacial score (nSPS) is 12.2. The molecule has 20 heteroatoms. The molecular weight excluding hydrogens is 708 g/mol. The first-order valence-electron chi connectivity index (χ1n) is 16.3. The molecule has 0 unspecified atom stereocenters. The lowest BCUT2D eigenvalue weighted by atomic mass is 9.93. The van der Waals surface area contributed by atoms with Crippen molar-refractivity contribution in [3.8, 4) is 0 Å². The quantitative estimate of drug-likeness (QED) is 0.0435. The number of thiol groups is 1. The third-order valence-electron chi connectivity index (χ3n) is 7.26. The third-order valence-corrected chi connectivity index (χ3v) is 7.48. The van der Waals surface area contributed by atoms with Crippen molar-refractivity contribution < 1.29 is 63.6 Å². The van der Waals surface area contributed by atoms with Gasteiger partial charge >= 0.3 is 35.9 Å². The Bertz CT molecular complexity index is 1410. The van der Waals surface area contributed by atoms with E-state index in [0.717, 1.165) is 0 Å². The Morgan fingerprint density at radius 3 is 1.83 bits per heavy atom. The number of urea groups is 2. The number of aliphatic carboxylic acids is 4. The minimum absolute atomic E-state index is 0.0761. The van der Waals surface area contributed by atoms with Crippen molar-refractivity contribution >= 4 is 66.2 Å². The van der Waals surface area contributed by atoms with Crippen molar-refractivity contribution in [2.75, 3.05) is 25.4 Å². The monoisotopic (exact) mass is 754 g/mol. The molecule has 288 valence electrons. The van der Waals surface area contributed by atoms with E-state index in [9.17, 15) is 53.4 Å². The Balaban J connectivity index is 2.52. The molecule has 0 saturated heterocycles. The first-order chi connectivity index (χ1) is 24.6. The lowest BCUT2D eigenvalue weighted by molar-refractivity contribution is -0.143. The highest BCUT2D eigenvalue weighted by atomic mass is 32.1. The number of carbonyl (C=O) groups excluding carboxylic acids is 5. The van der Waals surface area contributed by atoms with Gasteiger partial charge in [-0.25, -0.2) is 14.4 Å². The maximum absolute atomic E-state index is 12.9. The number of amides is 6. The summed E-state index contributed by atoms with van der Waals surface area (Å²) in [6, 6.07) is 2.61. The molecule has 0 aliphatic heterocycles. The van der Waals surface area contributed by atoms with Gasteiger partial charge < -0.3 is 52.3 Å². The molecule has 1 rings (SSSR count). The fourth-order valence-electron chi connectivity index (χ4n) is 4.63. The zero-order valence-corrected chi connectivity index (χ0v) is 29.2. The van der Waals surface area contributed by atoms with Crippen LogP contribution in [0.1, 0.15) is 62.5 Å². The zero-order chi connectivity index (χ0) is 39.1. The van der Waals surface area contributed by atoms with Crippen LogP contribution in [-0.2, 0) is 46.5 Å². The molecule has 1 aromatic rings. The second kappa shape index (κ2) is 24.7. The number of rotatable bonds is 26. The number of carboxylic acids is 4. The summed E-state index contributed by atoms with van der Waals surface area (Å²) in [5, 5.41) is 51.2. The van der Waals surface area contributed by atoms with Gasteiger partial charge in [-0.2, -0.15) is 12.6 Å². The highest BCUT2D eigenvalue weighted by Crippen LogP contribution is 2.14. The Labute approximate surface area is 304 Å². The van der Waals surface area contributed by atoms with E-state index in [2.05, 4.69) is 44.5 Å². The Hall–Kier alpha value is -5.40. The first kappa shape index (κ1) is 44.6. The highest BCUT2D eigenvalue weighted by Gasteiger charge is 2.30. The predicted octanol–water partition coefficient (Wildman–Crippen LogP) is -0.129. The number of hydrogen-bond acceptors (Lipinski definition) is 10. The summed E-state index contributed by atoms with van der Waals surface area (Å²) in [5.41, 5.74) is 1.18. The standard InChI is InChI=1S/C32H46N6O13S/c39-24(15-21(16-27(43)44)29(47)33-12-13-52)23(17-28(45)46)37-25(40)14-19-6-8-20(9-7-19)18-36-31(50)34-10-2-1-4-22(30(48)49)38-32(51)35-11-3-5-26(41)42/h6-9,21-23,52H,1-5,10-18H2,(H,33,47)(H,37,40)(H,41,42)(H,43,44)(H,45,46)(H,48,49)(H2,34,36,50)(H2,35,38,51)/t21-,22-,23-/m0/s1. The molecular formula is C32H46N6O13S. The molecule has 6 amide bonds. The van der Waals surface area contributed by atoms with Crippen LogP contribution in [0.25, 0.3) is 0 Å². The first-order valence-corrected chi connectivity index (χ1v) is 17.0. The SMILES string of the molecule is O=C(O)CCCNC(=O)N[C@@H](CCCCNC(=O)NCc1ccc(CC(=O)N[C@@H](CC(=O)O)C(=O)C[C@@H](CC(=O)O)C(=O)NCCS)cc1)C(=O)O. The van der Waals surface area contributed by atoms with E-state index in [1.165, 1.54) is 0 Å². The summed E-state index contributed by atoms with van der Waals surface area (Å²) >= 11 is 3.96. The van der Waals surface area contributed by atoms with Gasteiger partial charge in [0.25, 0.3) is 0 Å². The van der Waals surface area contributed by atoms with Gasteiger partial charge in [-0.05, 0) is 36.8 Å². The number of carbonyl (C=O) groups is 9. The third kappa shape index (κ3) is 20.3. The van der Waals surface area contributed by atoms with Crippen molar-refractivity contribution in [1.82, 2.24) is 31.9 Å². The van der Waals surface area contributed by atoms with Gasteiger partial charge in [0.2, 0.25) is 11.8 Å². The topological polar surface area (TPSA) is 307 Å². The van der Waals surface area contributed by atoms with E-state index < -0.39 is 90.8 Å². The molecule has 3 atom stereocenters. The van der Waals surface area contributed by atoms with Gasteiger partial charge in [0.05, 0.1) is 31.2 Å². The molecule has 0 fully saturated rings. The molecule has 0 spiro atoms. The minimum atomic E-state index is -1.49. The summed E-state index contributed by atoms with van der Waals surface area (Å²) in [6.45, 7) is 0.557. The van der Waals surface area contributed by atoms with Gasteiger partial charge in [0, 0.05) is 44.8 Å². The fourth-order valence-corrected chi connectivity index (χ4v) is 4.74. The molecule has 0 saturated carbocycles. The van der Waals surface area contributed by atoms with Crippen LogP contribution in [0.2, 0.25) is 0 Å². The Morgan fingerprint density at radius 1 is 0.615 bits per heavy atom. The summed E-state index contributed by atoms with van der Waals surface area (Å²) in [5.74, 6) is -8.15. The number of ketones is 1. The molecule has 0 heterocycles. The highest BCUT2D eigenvalue weighted by molar-refractivity contribution is 7.80.